The minimum atomic E-state index is -0.880. The fraction of sp³-hybridized carbons (Fsp3) is 0.273. The number of alkyl halides is 1. The van der Waals surface area contributed by atoms with Crippen molar-refractivity contribution in [3.63, 3.8) is 0 Å². The molecule has 1 heterocycles. The largest absolute Gasteiger partial charge is 0.389 e. The van der Waals surface area contributed by atoms with E-state index >= 15 is 0 Å². The van der Waals surface area contributed by atoms with Gasteiger partial charge in [-0.1, -0.05) is 37.9 Å². The van der Waals surface area contributed by atoms with Gasteiger partial charge in [-0.25, -0.2) is 0 Å². The quantitative estimate of drug-likeness (QED) is 0.747. The van der Waals surface area contributed by atoms with Gasteiger partial charge in [0.1, 0.15) is 6.10 Å². The Morgan fingerprint density at radius 1 is 1.31 bits per heavy atom. The van der Waals surface area contributed by atoms with E-state index in [1.165, 1.54) is 0 Å². The van der Waals surface area contributed by atoms with Crippen LogP contribution in [0.3, 0.4) is 0 Å². The number of aliphatic hydroxyl groups excluding tert-OH is 2. The van der Waals surface area contributed by atoms with Crippen LogP contribution in [0.4, 0.5) is 0 Å². The second-order valence-electron chi connectivity index (χ2n) is 3.60. The first-order chi connectivity index (χ1) is 7.63. The van der Waals surface area contributed by atoms with Crippen LogP contribution in [0, 0.1) is 0 Å². The maximum atomic E-state index is 9.93. The van der Waals surface area contributed by atoms with Gasteiger partial charge in [0.2, 0.25) is 0 Å². The number of halogens is 2. The summed E-state index contributed by atoms with van der Waals surface area (Å²) >= 11 is 6.53. The summed E-state index contributed by atoms with van der Waals surface area (Å²) in [5.74, 6) is 0. The molecule has 86 valence electrons. The maximum Gasteiger partial charge on any atom is 0.108 e. The van der Waals surface area contributed by atoms with Gasteiger partial charge < -0.3 is 15.2 Å². The maximum absolute atomic E-state index is 9.93. The number of rotatable bonds is 3. The molecule has 0 radical (unpaired) electrons. The molecule has 2 aromatic rings. The van der Waals surface area contributed by atoms with Crippen molar-refractivity contribution >= 4 is 42.8 Å². The first-order valence-electron chi connectivity index (χ1n) is 4.82. The van der Waals surface area contributed by atoms with Crippen molar-refractivity contribution in [2.75, 3.05) is 5.33 Å². The van der Waals surface area contributed by atoms with E-state index in [0.717, 1.165) is 20.9 Å². The van der Waals surface area contributed by atoms with E-state index in [1.807, 2.05) is 18.2 Å². The first-order valence-corrected chi connectivity index (χ1v) is 6.73. The molecule has 0 bridgehead atoms. The number of H-pyrrole nitrogens is 1. The number of aliphatic hydroxyl groups is 2. The topological polar surface area (TPSA) is 56.2 Å². The summed E-state index contributed by atoms with van der Waals surface area (Å²) in [6.45, 7) is 0. The average molecular weight is 349 g/mol. The summed E-state index contributed by atoms with van der Waals surface area (Å²) in [7, 11) is 0. The molecule has 0 saturated heterocycles. The highest BCUT2D eigenvalue weighted by atomic mass is 79.9. The Kier molecular flexibility index (Phi) is 3.69. The van der Waals surface area contributed by atoms with Crippen LogP contribution in [-0.4, -0.2) is 26.6 Å². The molecular formula is C11H11Br2NO2. The number of aromatic amines is 1. The summed E-state index contributed by atoms with van der Waals surface area (Å²) < 4.78 is 0.976. The van der Waals surface area contributed by atoms with Gasteiger partial charge in [-0.05, 0) is 12.1 Å². The Bertz CT molecular complexity index is 498. The lowest BCUT2D eigenvalue weighted by molar-refractivity contribution is 0.0352. The predicted octanol–water partition coefficient (Wildman–Crippen LogP) is 2.72. The van der Waals surface area contributed by atoms with Crippen LogP contribution in [0.2, 0.25) is 0 Å². The predicted molar refractivity (Wildman–Crippen MR) is 70.8 cm³/mol. The summed E-state index contributed by atoms with van der Waals surface area (Å²) in [4.78, 5) is 3.07. The van der Waals surface area contributed by atoms with Crippen molar-refractivity contribution in [2.45, 2.75) is 12.2 Å². The minimum Gasteiger partial charge on any atom is -0.389 e. The molecule has 0 fully saturated rings. The highest BCUT2D eigenvalue weighted by Gasteiger charge is 2.20. The molecule has 0 saturated carbocycles. The Balaban J connectivity index is 2.45. The van der Waals surface area contributed by atoms with Gasteiger partial charge in [0.05, 0.1) is 6.10 Å². The van der Waals surface area contributed by atoms with Crippen LogP contribution in [0.15, 0.2) is 28.9 Å². The van der Waals surface area contributed by atoms with Crippen LogP contribution >= 0.6 is 31.9 Å². The molecule has 0 aliphatic heterocycles. The number of nitrogens with one attached hydrogen (secondary N) is 1. The number of aromatic nitrogens is 1. The fourth-order valence-electron chi connectivity index (χ4n) is 1.66. The summed E-state index contributed by atoms with van der Waals surface area (Å²) in [6.07, 6.45) is 0.0464. The lowest BCUT2D eigenvalue weighted by Gasteiger charge is -2.14. The normalized spacial score (nSPS) is 15.2. The molecule has 1 aromatic heterocycles. The molecule has 0 spiro atoms. The highest BCUT2D eigenvalue weighted by Crippen LogP contribution is 2.28. The third kappa shape index (κ3) is 2.18. The first kappa shape index (κ1) is 12.1. The van der Waals surface area contributed by atoms with E-state index in [0.29, 0.717) is 5.33 Å². The van der Waals surface area contributed by atoms with Gasteiger partial charge >= 0.3 is 0 Å². The van der Waals surface area contributed by atoms with Gasteiger partial charge in [0.15, 0.2) is 0 Å². The molecule has 2 unspecified atom stereocenters. The zero-order valence-electron chi connectivity index (χ0n) is 8.32. The van der Waals surface area contributed by atoms with Gasteiger partial charge in [0, 0.05) is 32.5 Å². The van der Waals surface area contributed by atoms with Crippen molar-refractivity contribution in [2.24, 2.45) is 0 Å². The van der Waals surface area contributed by atoms with Gasteiger partial charge in [-0.3, -0.25) is 0 Å². The molecule has 5 heteroatoms. The van der Waals surface area contributed by atoms with Crippen LogP contribution in [0.25, 0.3) is 10.9 Å². The number of hydrogen-bond donors (Lipinski definition) is 3. The lowest BCUT2D eigenvalue weighted by atomic mass is 10.0. The lowest BCUT2D eigenvalue weighted by Crippen LogP contribution is -2.19. The number of hydrogen-bond acceptors (Lipinski definition) is 2. The molecule has 16 heavy (non-hydrogen) atoms. The van der Waals surface area contributed by atoms with Crippen molar-refractivity contribution in [3.05, 3.63) is 34.4 Å². The molecular weight excluding hydrogens is 338 g/mol. The van der Waals surface area contributed by atoms with E-state index in [2.05, 4.69) is 36.8 Å². The van der Waals surface area contributed by atoms with Crippen LogP contribution < -0.4 is 0 Å². The summed E-state index contributed by atoms with van der Waals surface area (Å²) in [5, 5.41) is 20.8. The number of benzene rings is 1. The van der Waals surface area contributed by atoms with Gasteiger partial charge in [-0.2, -0.15) is 0 Å². The molecule has 2 rings (SSSR count). The van der Waals surface area contributed by atoms with E-state index < -0.39 is 12.2 Å². The molecule has 0 aliphatic rings. The van der Waals surface area contributed by atoms with Gasteiger partial charge in [-0.15, -0.1) is 0 Å². The average Bonchev–Trinajstić information content (AvgIpc) is 2.69. The SMILES string of the molecule is OC(CBr)C(O)c1c[nH]c2cc(Br)ccc12. The molecule has 3 nitrogen and oxygen atoms in total. The van der Waals surface area contributed by atoms with Gasteiger partial charge in [0.25, 0.3) is 0 Å². The van der Waals surface area contributed by atoms with Crippen LogP contribution in [0.5, 0.6) is 0 Å². The molecule has 0 amide bonds. The highest BCUT2D eigenvalue weighted by molar-refractivity contribution is 9.10. The Hall–Kier alpha value is -0.360. The molecule has 1 aromatic carbocycles. The molecule has 3 N–H and O–H groups in total. The van der Waals surface area contributed by atoms with E-state index in [4.69, 9.17) is 0 Å². The van der Waals surface area contributed by atoms with Crippen molar-refractivity contribution in [3.8, 4) is 0 Å². The van der Waals surface area contributed by atoms with Crippen LogP contribution in [0.1, 0.15) is 11.7 Å². The van der Waals surface area contributed by atoms with Crippen molar-refractivity contribution in [1.82, 2.24) is 4.98 Å². The third-order valence-electron chi connectivity index (χ3n) is 2.52. The van der Waals surface area contributed by atoms with E-state index in [-0.39, 0.29) is 0 Å². The minimum absolute atomic E-state index is 0.345. The summed E-state index contributed by atoms with van der Waals surface area (Å²) in [6, 6.07) is 5.76. The Morgan fingerprint density at radius 3 is 2.75 bits per heavy atom. The smallest absolute Gasteiger partial charge is 0.108 e. The van der Waals surface area contributed by atoms with E-state index in [9.17, 15) is 10.2 Å². The Labute approximate surface area is 110 Å². The standard InChI is InChI=1S/C11H11Br2NO2/c12-4-10(15)11(16)8-5-14-9-3-6(13)1-2-7(8)9/h1-3,5,10-11,14-16H,4H2. The molecule has 0 aliphatic carbocycles. The van der Waals surface area contributed by atoms with Crippen molar-refractivity contribution < 1.29 is 10.2 Å². The second-order valence-corrected chi connectivity index (χ2v) is 5.16. The monoisotopic (exact) mass is 347 g/mol. The van der Waals surface area contributed by atoms with Crippen LogP contribution in [-0.2, 0) is 0 Å². The zero-order chi connectivity index (χ0) is 11.7. The number of fused-ring (bicyclic) bond motifs is 1. The summed E-state index contributed by atoms with van der Waals surface area (Å²) in [5.41, 5.74) is 1.65. The Morgan fingerprint density at radius 2 is 2.06 bits per heavy atom. The molecule has 2 atom stereocenters. The van der Waals surface area contributed by atoms with E-state index in [1.54, 1.807) is 6.20 Å². The fourth-order valence-corrected chi connectivity index (χ4v) is 2.37. The second kappa shape index (κ2) is 4.87. The zero-order valence-corrected chi connectivity index (χ0v) is 11.5. The van der Waals surface area contributed by atoms with Crippen molar-refractivity contribution in [1.29, 1.82) is 0 Å². The third-order valence-corrected chi connectivity index (χ3v) is 3.67.